The van der Waals surface area contributed by atoms with Gasteiger partial charge in [-0.05, 0) is 44.0 Å². The fraction of sp³-hybridized carbons (Fsp3) is 0.368. The van der Waals surface area contributed by atoms with Crippen LogP contribution in [-0.2, 0) is 11.2 Å². The highest BCUT2D eigenvalue weighted by Gasteiger charge is 2.38. The van der Waals surface area contributed by atoms with Gasteiger partial charge in [0.05, 0.1) is 16.0 Å². The van der Waals surface area contributed by atoms with Crippen LogP contribution in [0.4, 0.5) is 13.2 Å². The lowest BCUT2D eigenvalue weighted by Gasteiger charge is -2.21. The largest absolute Gasteiger partial charge is 0.490 e. The zero-order valence-corrected chi connectivity index (χ0v) is 17.0. The number of thiazole rings is 1. The number of fused-ring (bicyclic) bond motifs is 1. The number of aromatic nitrogens is 3. The molecule has 1 unspecified atom stereocenters. The van der Waals surface area contributed by atoms with Gasteiger partial charge in [-0.25, -0.2) is 19.4 Å². The van der Waals surface area contributed by atoms with E-state index in [-0.39, 0.29) is 5.91 Å². The topological polar surface area (TPSA) is 109 Å². The molecule has 8 nitrogen and oxygen atoms in total. The Morgan fingerprint density at radius 1 is 1.32 bits per heavy atom. The summed E-state index contributed by atoms with van der Waals surface area (Å²) >= 11 is 1.56. The second-order valence-corrected chi connectivity index (χ2v) is 7.83. The van der Waals surface area contributed by atoms with Gasteiger partial charge in [-0.2, -0.15) is 13.2 Å². The van der Waals surface area contributed by atoms with E-state index in [1.165, 1.54) is 12.8 Å². The number of carbonyl (C=O) groups is 2. The molecular weight excluding hydrogens is 435 g/mol. The molecule has 0 aliphatic carbocycles. The Balaban J connectivity index is 0.000000339. The van der Waals surface area contributed by atoms with Crippen molar-refractivity contribution in [2.45, 2.75) is 25.4 Å². The maximum absolute atomic E-state index is 12.4. The Morgan fingerprint density at radius 3 is 2.74 bits per heavy atom. The Bertz CT molecular complexity index is 1040. The van der Waals surface area contributed by atoms with E-state index in [0.717, 1.165) is 35.6 Å². The van der Waals surface area contributed by atoms with Crippen LogP contribution in [-0.4, -0.2) is 50.9 Å². The highest BCUT2D eigenvalue weighted by molar-refractivity contribution is 7.09. The number of halogens is 3. The average molecular weight is 455 g/mol. The number of hydrogen-bond donors (Lipinski definition) is 3. The summed E-state index contributed by atoms with van der Waals surface area (Å²) in [5.74, 6) is -2.34. The number of carboxylic acid groups (broad SMARTS) is 1. The molecule has 4 rings (SSSR count). The summed E-state index contributed by atoms with van der Waals surface area (Å²) in [5, 5.41) is 13.4. The van der Waals surface area contributed by atoms with Crippen LogP contribution < -0.4 is 10.7 Å². The highest BCUT2D eigenvalue weighted by Crippen LogP contribution is 2.20. The number of aliphatic carboxylic acids is 1. The summed E-state index contributed by atoms with van der Waals surface area (Å²) in [6.45, 7) is 2.16. The number of nitrogens with one attached hydrogen (secondary N) is 2. The summed E-state index contributed by atoms with van der Waals surface area (Å²) in [5.41, 5.74) is 5.03. The molecule has 0 spiro atoms. The fourth-order valence-electron chi connectivity index (χ4n) is 3.07. The molecule has 0 bridgehead atoms. The number of hydrogen-bond acceptors (Lipinski definition) is 6. The summed E-state index contributed by atoms with van der Waals surface area (Å²) < 4.78 is 33.4. The third-order valence-electron chi connectivity index (χ3n) is 4.56. The maximum atomic E-state index is 12.4. The molecule has 1 amide bonds. The molecule has 0 saturated carbocycles. The lowest BCUT2D eigenvalue weighted by Crippen LogP contribution is -2.30. The third kappa shape index (κ3) is 6.25. The van der Waals surface area contributed by atoms with Crippen LogP contribution in [0.5, 0.6) is 0 Å². The molecule has 1 aliphatic heterocycles. The van der Waals surface area contributed by atoms with Crippen LogP contribution in [0.3, 0.4) is 0 Å². The van der Waals surface area contributed by atoms with Crippen LogP contribution in [0, 0.1) is 5.92 Å². The van der Waals surface area contributed by atoms with Crippen molar-refractivity contribution in [1.82, 2.24) is 20.0 Å². The zero-order chi connectivity index (χ0) is 22.4. The van der Waals surface area contributed by atoms with Crippen LogP contribution in [0.1, 0.15) is 28.3 Å². The Morgan fingerprint density at radius 2 is 2.06 bits per heavy atom. The van der Waals surface area contributed by atoms with Gasteiger partial charge in [-0.15, -0.1) is 11.3 Å². The lowest BCUT2D eigenvalue weighted by molar-refractivity contribution is -0.192. The van der Waals surface area contributed by atoms with E-state index in [0.29, 0.717) is 11.6 Å². The van der Waals surface area contributed by atoms with E-state index in [1.54, 1.807) is 22.3 Å². The van der Waals surface area contributed by atoms with Gasteiger partial charge >= 0.3 is 12.1 Å². The molecule has 1 fully saturated rings. The van der Waals surface area contributed by atoms with Gasteiger partial charge in [0.1, 0.15) is 12.0 Å². The van der Waals surface area contributed by atoms with E-state index in [9.17, 15) is 18.0 Å². The SMILES string of the molecule is O=C(Nn1cnc2ccccc21)c1csc(CC2CCCNC2)n1.O=C(O)C(F)(F)F. The van der Waals surface area contributed by atoms with Crippen LogP contribution in [0.15, 0.2) is 36.0 Å². The number of carbonyl (C=O) groups excluding carboxylic acids is 1. The zero-order valence-electron chi connectivity index (χ0n) is 16.2. The first kappa shape index (κ1) is 22.7. The summed E-state index contributed by atoms with van der Waals surface area (Å²) in [6.07, 6.45) is -0.0747. The van der Waals surface area contributed by atoms with Gasteiger partial charge in [-0.1, -0.05) is 12.1 Å². The molecule has 3 aromatic rings. The summed E-state index contributed by atoms with van der Waals surface area (Å²) in [4.78, 5) is 30.1. The standard InChI is InChI=1S/C17H19N5OS.C2HF3O2/c23-17(21-22-11-19-13-5-1-2-6-15(13)22)14-10-24-16(20-14)8-12-4-3-7-18-9-12;3-2(4,5)1(6)7/h1-2,5-6,10-12,18H,3-4,7-9H2,(H,21,23);(H,6,7). The minimum absolute atomic E-state index is 0.206. The van der Waals surface area contributed by atoms with E-state index in [4.69, 9.17) is 9.90 Å². The van der Waals surface area contributed by atoms with Crippen LogP contribution in [0.2, 0.25) is 0 Å². The van der Waals surface area contributed by atoms with E-state index >= 15 is 0 Å². The molecule has 1 atom stereocenters. The molecule has 3 heterocycles. The van der Waals surface area contributed by atoms with Gasteiger partial charge in [-0.3, -0.25) is 10.2 Å². The molecule has 1 aliphatic rings. The van der Waals surface area contributed by atoms with Crippen molar-refractivity contribution in [3.8, 4) is 0 Å². The molecule has 1 saturated heterocycles. The Labute approximate surface area is 179 Å². The monoisotopic (exact) mass is 455 g/mol. The fourth-order valence-corrected chi connectivity index (χ4v) is 3.96. The number of benzene rings is 1. The van der Waals surface area contributed by atoms with Crippen molar-refractivity contribution in [1.29, 1.82) is 0 Å². The summed E-state index contributed by atoms with van der Waals surface area (Å²) in [7, 11) is 0. The normalized spacial score (nSPS) is 16.4. The molecule has 0 radical (unpaired) electrons. The first-order valence-corrected chi connectivity index (χ1v) is 10.3. The van der Waals surface area contributed by atoms with Gasteiger partial charge in [0.2, 0.25) is 0 Å². The van der Waals surface area contributed by atoms with Crippen molar-refractivity contribution in [3.63, 3.8) is 0 Å². The van der Waals surface area contributed by atoms with Crippen molar-refractivity contribution in [2.24, 2.45) is 5.92 Å². The highest BCUT2D eigenvalue weighted by atomic mass is 32.1. The second-order valence-electron chi connectivity index (χ2n) is 6.89. The van der Waals surface area contributed by atoms with E-state index in [2.05, 4.69) is 20.7 Å². The number of amides is 1. The number of alkyl halides is 3. The van der Waals surface area contributed by atoms with Crippen molar-refractivity contribution >= 4 is 34.2 Å². The van der Waals surface area contributed by atoms with Crippen molar-refractivity contribution < 1.29 is 27.9 Å². The minimum Gasteiger partial charge on any atom is -0.475 e. The van der Waals surface area contributed by atoms with Gasteiger partial charge in [0.25, 0.3) is 5.91 Å². The van der Waals surface area contributed by atoms with Crippen LogP contribution >= 0.6 is 11.3 Å². The Hall–Kier alpha value is -2.99. The third-order valence-corrected chi connectivity index (χ3v) is 5.44. The van der Waals surface area contributed by atoms with E-state index in [1.807, 2.05) is 29.6 Å². The quantitative estimate of drug-likeness (QED) is 0.558. The molecule has 12 heteroatoms. The predicted molar refractivity (Wildman–Crippen MR) is 109 cm³/mol. The molecular formula is C19H20F3N5O3S. The van der Waals surface area contributed by atoms with Crippen molar-refractivity contribution in [3.05, 3.63) is 46.7 Å². The molecule has 31 heavy (non-hydrogen) atoms. The number of nitrogens with zero attached hydrogens (tertiary/aromatic N) is 3. The molecule has 166 valence electrons. The number of imidazole rings is 1. The minimum atomic E-state index is -5.08. The Kier molecular flexibility index (Phi) is 7.23. The van der Waals surface area contributed by atoms with Gasteiger partial charge in [0.15, 0.2) is 0 Å². The van der Waals surface area contributed by atoms with Gasteiger partial charge < -0.3 is 10.4 Å². The van der Waals surface area contributed by atoms with Crippen molar-refractivity contribution in [2.75, 3.05) is 18.5 Å². The number of para-hydroxylation sites is 2. The smallest absolute Gasteiger partial charge is 0.475 e. The average Bonchev–Trinajstić information content (AvgIpc) is 3.36. The number of piperidine rings is 1. The first-order valence-electron chi connectivity index (χ1n) is 9.42. The van der Waals surface area contributed by atoms with E-state index < -0.39 is 12.1 Å². The first-order chi connectivity index (χ1) is 14.7. The molecule has 2 aromatic heterocycles. The van der Waals surface area contributed by atoms with Crippen LogP contribution in [0.25, 0.3) is 11.0 Å². The molecule has 1 aromatic carbocycles. The second kappa shape index (κ2) is 9.88. The summed E-state index contributed by atoms with van der Waals surface area (Å²) in [6, 6.07) is 7.68. The lowest BCUT2D eigenvalue weighted by atomic mass is 9.97. The number of carboxylic acids is 1. The number of rotatable bonds is 4. The molecule has 3 N–H and O–H groups in total. The predicted octanol–water partition coefficient (Wildman–Crippen LogP) is 3.05. The van der Waals surface area contributed by atoms with Gasteiger partial charge in [0, 0.05) is 11.8 Å². The maximum Gasteiger partial charge on any atom is 0.490 e.